The van der Waals surface area contributed by atoms with Gasteiger partial charge >= 0.3 is 12.6 Å². The fourth-order valence-electron chi connectivity index (χ4n) is 3.28. The zero-order chi connectivity index (χ0) is 23.6. The molecule has 0 fully saturated rings. The number of carboxylic acid groups (broad SMARTS) is 1. The van der Waals surface area contributed by atoms with Crippen molar-refractivity contribution in [3.05, 3.63) is 59.0 Å². The summed E-state index contributed by atoms with van der Waals surface area (Å²) in [5.41, 5.74) is 0.677. The fourth-order valence-corrected chi connectivity index (χ4v) is 3.28. The number of alkyl halides is 2. The second-order valence-corrected chi connectivity index (χ2v) is 6.78. The van der Waals surface area contributed by atoms with E-state index < -0.39 is 42.5 Å². The number of carbonyl (C=O) groups excluding carboxylic acids is 2. The maximum absolute atomic E-state index is 14.1. The molecule has 0 saturated carbocycles. The number of carboxylic acids is 1. The number of phenolic OH excluding ortho intramolecular Hbond substituents is 1. The number of rotatable bonds is 7. The van der Waals surface area contributed by atoms with Crippen molar-refractivity contribution in [1.82, 2.24) is 9.88 Å². The van der Waals surface area contributed by atoms with Crippen LogP contribution in [0.3, 0.4) is 0 Å². The van der Waals surface area contributed by atoms with Gasteiger partial charge in [-0.05, 0) is 42.8 Å². The van der Waals surface area contributed by atoms with Crippen molar-refractivity contribution in [3.8, 4) is 11.5 Å². The van der Waals surface area contributed by atoms with Gasteiger partial charge in [-0.1, -0.05) is 0 Å². The predicted octanol–water partition coefficient (Wildman–Crippen LogP) is 2.83. The molecule has 8 nitrogen and oxygen atoms in total. The average molecular weight is 450 g/mol. The Bertz CT molecular complexity index is 1200. The third-order valence-electron chi connectivity index (χ3n) is 4.71. The van der Waals surface area contributed by atoms with Crippen molar-refractivity contribution < 1.29 is 42.5 Å². The number of aromatic hydroxyl groups is 1. The van der Waals surface area contributed by atoms with E-state index in [2.05, 4.69) is 10.1 Å². The third kappa shape index (κ3) is 4.66. The Balaban J connectivity index is 2.05. The van der Waals surface area contributed by atoms with Crippen molar-refractivity contribution in [2.75, 3.05) is 6.54 Å². The Kier molecular flexibility index (Phi) is 6.37. The van der Waals surface area contributed by atoms with E-state index in [0.717, 1.165) is 16.7 Å². The van der Waals surface area contributed by atoms with Crippen molar-refractivity contribution >= 4 is 28.7 Å². The van der Waals surface area contributed by atoms with Crippen LogP contribution in [0.25, 0.3) is 10.9 Å². The summed E-state index contributed by atoms with van der Waals surface area (Å²) >= 11 is 0. The molecule has 0 saturated heterocycles. The van der Waals surface area contributed by atoms with Crippen LogP contribution in [0.5, 0.6) is 11.5 Å². The lowest BCUT2D eigenvalue weighted by molar-refractivity contribution is -0.137. The highest BCUT2D eigenvalue weighted by Gasteiger charge is 2.23. The molecule has 1 heterocycles. The highest BCUT2D eigenvalue weighted by atomic mass is 19.3. The number of hydrogen-bond donors (Lipinski definition) is 3. The number of halogens is 3. The number of nitrogens with zero attached hydrogens (tertiary/aromatic N) is 1. The lowest BCUT2D eigenvalue weighted by Crippen LogP contribution is -2.30. The minimum Gasteiger partial charge on any atom is -0.505 e. The van der Waals surface area contributed by atoms with Gasteiger partial charge in [0.05, 0.1) is 11.9 Å². The summed E-state index contributed by atoms with van der Waals surface area (Å²) in [6, 6.07) is 6.85. The van der Waals surface area contributed by atoms with Gasteiger partial charge in [-0.15, -0.1) is 0 Å². The molecule has 1 aromatic heterocycles. The van der Waals surface area contributed by atoms with E-state index in [1.807, 2.05) is 0 Å². The highest BCUT2D eigenvalue weighted by Crippen LogP contribution is 2.32. The molecule has 3 N–H and O–H groups in total. The molecule has 0 unspecified atom stereocenters. The van der Waals surface area contributed by atoms with Gasteiger partial charge in [0.2, 0.25) is 5.91 Å². The number of phenols is 1. The van der Waals surface area contributed by atoms with Gasteiger partial charge in [-0.3, -0.25) is 19.0 Å². The van der Waals surface area contributed by atoms with E-state index in [0.29, 0.717) is 0 Å². The van der Waals surface area contributed by atoms with Gasteiger partial charge in [0.1, 0.15) is 12.3 Å². The first-order chi connectivity index (χ1) is 15.1. The summed E-state index contributed by atoms with van der Waals surface area (Å²) < 4.78 is 44.1. The monoisotopic (exact) mass is 450 g/mol. The number of aliphatic carboxylic acids is 1. The molecular weight excluding hydrogens is 433 g/mol. The van der Waals surface area contributed by atoms with Crippen LogP contribution in [-0.4, -0.2) is 45.7 Å². The van der Waals surface area contributed by atoms with E-state index in [-0.39, 0.29) is 39.9 Å². The minimum atomic E-state index is -3.03. The molecule has 3 aromatic rings. The molecule has 3 rings (SSSR count). The van der Waals surface area contributed by atoms with Crippen molar-refractivity contribution in [3.63, 3.8) is 0 Å². The van der Waals surface area contributed by atoms with Gasteiger partial charge in [0.25, 0.3) is 5.91 Å². The molecule has 0 bridgehead atoms. The number of benzene rings is 2. The number of carbonyl (C=O) groups is 3. The molecule has 0 aliphatic heterocycles. The maximum atomic E-state index is 14.1. The zero-order valence-corrected chi connectivity index (χ0v) is 16.6. The largest absolute Gasteiger partial charge is 0.505 e. The second-order valence-electron chi connectivity index (χ2n) is 6.78. The SMILES string of the molecule is Cc1c(CC(=O)NCC(=O)O)c2cc(O)c(F)cc2n1C(=O)c1ccc(OC(F)F)cc1. The van der Waals surface area contributed by atoms with E-state index in [1.165, 1.54) is 31.2 Å². The van der Waals surface area contributed by atoms with Crippen LogP contribution in [0, 0.1) is 12.7 Å². The normalized spacial score (nSPS) is 11.0. The Hall–Kier alpha value is -4.02. The number of fused-ring (bicyclic) bond motifs is 1. The molecular formula is C21H17F3N2O6. The van der Waals surface area contributed by atoms with E-state index in [1.54, 1.807) is 0 Å². The molecule has 2 aromatic carbocycles. The highest BCUT2D eigenvalue weighted by molar-refractivity contribution is 6.05. The standard InChI is InChI=1S/C21H17F3N2O6/c1-10-13(7-18(28)25-9-19(29)30)14-6-17(27)15(22)8-16(14)26(10)20(31)11-2-4-12(5-3-11)32-21(23)24/h2-6,8,21,27H,7,9H2,1H3,(H,25,28)(H,29,30). The first-order valence-electron chi connectivity index (χ1n) is 9.19. The minimum absolute atomic E-state index is 0.0664. The Morgan fingerprint density at radius 3 is 2.41 bits per heavy atom. The number of hydrogen-bond acceptors (Lipinski definition) is 5. The van der Waals surface area contributed by atoms with Gasteiger partial charge in [-0.25, -0.2) is 4.39 Å². The molecule has 0 atom stereocenters. The second kappa shape index (κ2) is 9.00. The van der Waals surface area contributed by atoms with Crippen LogP contribution in [0.2, 0.25) is 0 Å². The molecule has 0 aliphatic rings. The van der Waals surface area contributed by atoms with E-state index >= 15 is 0 Å². The number of ether oxygens (including phenoxy) is 1. The summed E-state index contributed by atoms with van der Waals surface area (Å²) in [6.07, 6.45) is -0.331. The molecule has 168 valence electrons. The van der Waals surface area contributed by atoms with Crippen LogP contribution in [0.4, 0.5) is 13.2 Å². The van der Waals surface area contributed by atoms with Crippen molar-refractivity contribution in [2.45, 2.75) is 20.0 Å². The van der Waals surface area contributed by atoms with Crippen molar-refractivity contribution in [2.24, 2.45) is 0 Å². The Morgan fingerprint density at radius 1 is 1.16 bits per heavy atom. The summed E-state index contributed by atoms with van der Waals surface area (Å²) in [4.78, 5) is 36.0. The van der Waals surface area contributed by atoms with Gasteiger partial charge in [-0.2, -0.15) is 8.78 Å². The molecule has 32 heavy (non-hydrogen) atoms. The van der Waals surface area contributed by atoms with Gasteiger partial charge in [0.15, 0.2) is 11.6 Å². The maximum Gasteiger partial charge on any atom is 0.387 e. The van der Waals surface area contributed by atoms with Gasteiger partial charge < -0.3 is 20.3 Å². The lowest BCUT2D eigenvalue weighted by atomic mass is 10.1. The summed E-state index contributed by atoms with van der Waals surface area (Å²) in [7, 11) is 0. The quantitative estimate of drug-likeness (QED) is 0.510. The number of aromatic nitrogens is 1. The summed E-state index contributed by atoms with van der Waals surface area (Å²) in [6.45, 7) is -2.14. The van der Waals surface area contributed by atoms with Crippen LogP contribution in [-0.2, 0) is 16.0 Å². The molecule has 1 amide bonds. The Morgan fingerprint density at radius 2 is 1.81 bits per heavy atom. The first-order valence-corrected chi connectivity index (χ1v) is 9.19. The third-order valence-corrected chi connectivity index (χ3v) is 4.71. The van der Waals surface area contributed by atoms with E-state index in [4.69, 9.17) is 5.11 Å². The van der Waals surface area contributed by atoms with Crippen LogP contribution in [0.1, 0.15) is 21.6 Å². The molecule has 0 aliphatic carbocycles. The van der Waals surface area contributed by atoms with Crippen molar-refractivity contribution in [1.29, 1.82) is 0 Å². The van der Waals surface area contributed by atoms with Gasteiger partial charge in [0, 0.05) is 22.7 Å². The topological polar surface area (TPSA) is 118 Å². The smallest absolute Gasteiger partial charge is 0.387 e. The predicted molar refractivity (Wildman–Crippen MR) is 105 cm³/mol. The molecule has 0 radical (unpaired) electrons. The lowest BCUT2D eigenvalue weighted by Gasteiger charge is -2.09. The molecule has 11 heteroatoms. The van der Waals surface area contributed by atoms with E-state index in [9.17, 15) is 32.7 Å². The first kappa shape index (κ1) is 22.7. The zero-order valence-electron chi connectivity index (χ0n) is 16.6. The van der Waals surface area contributed by atoms with Crippen LogP contribution >= 0.6 is 0 Å². The van der Waals surface area contributed by atoms with Crippen LogP contribution < -0.4 is 10.1 Å². The number of nitrogens with one attached hydrogen (secondary N) is 1. The average Bonchev–Trinajstić information content (AvgIpc) is 2.97. The Labute approximate surface area is 178 Å². The summed E-state index contributed by atoms with van der Waals surface area (Å²) in [5, 5.41) is 20.9. The van der Waals surface area contributed by atoms with Crippen LogP contribution in [0.15, 0.2) is 36.4 Å². The summed E-state index contributed by atoms with van der Waals surface area (Å²) in [5.74, 6) is -4.38. The number of amides is 1. The molecule has 0 spiro atoms. The fraction of sp³-hybridized carbons (Fsp3) is 0.190.